The zero-order chi connectivity index (χ0) is 8.36. The molecule has 0 aromatic rings. The van der Waals surface area contributed by atoms with Crippen LogP contribution in [-0.4, -0.2) is 26.1 Å². The van der Waals surface area contributed by atoms with Crippen molar-refractivity contribution in [2.24, 2.45) is 0 Å². The Kier molecular flexibility index (Phi) is 2.83. The van der Waals surface area contributed by atoms with Gasteiger partial charge >= 0.3 is 5.97 Å². The molecular weight excluding hydrogens is 156 g/mol. The summed E-state index contributed by atoms with van der Waals surface area (Å²) < 4.78 is 25.3. The van der Waals surface area contributed by atoms with Crippen LogP contribution in [0.4, 0.5) is 0 Å². The summed E-state index contributed by atoms with van der Waals surface area (Å²) in [6, 6.07) is 0. The van der Waals surface area contributed by atoms with Gasteiger partial charge in [-0.1, -0.05) is 0 Å². The van der Waals surface area contributed by atoms with Gasteiger partial charge in [0.25, 0.3) is 0 Å². The summed E-state index contributed by atoms with van der Waals surface area (Å²) >= 11 is 0. The summed E-state index contributed by atoms with van der Waals surface area (Å²) in [6.45, 7) is 4.25. The molecule has 5 heteroatoms. The highest BCUT2D eigenvalue weighted by Crippen LogP contribution is 1.98. The van der Waals surface area contributed by atoms with Crippen LogP contribution in [0.2, 0.25) is 0 Å². The quantitative estimate of drug-likeness (QED) is 0.529. The molecule has 1 atom stereocenters. The van der Waals surface area contributed by atoms with E-state index in [9.17, 15) is 13.2 Å². The second-order valence-electron chi connectivity index (χ2n) is 1.87. The van der Waals surface area contributed by atoms with E-state index in [0.29, 0.717) is 0 Å². The van der Waals surface area contributed by atoms with Crippen molar-refractivity contribution in [3.63, 3.8) is 0 Å². The fourth-order valence-corrected chi connectivity index (χ4v) is 0.583. The van der Waals surface area contributed by atoms with E-state index < -0.39 is 21.2 Å². The van der Waals surface area contributed by atoms with Crippen molar-refractivity contribution in [3.8, 4) is 0 Å². The van der Waals surface area contributed by atoms with Gasteiger partial charge in [-0.2, -0.15) is 0 Å². The van der Waals surface area contributed by atoms with Crippen LogP contribution in [0, 0.1) is 6.92 Å². The second-order valence-corrected chi connectivity index (χ2v) is 4.05. The SMILES string of the molecule is [CH2]C(OC(C)=O)S(C)(=O)=O. The topological polar surface area (TPSA) is 60.4 Å². The van der Waals surface area contributed by atoms with Gasteiger partial charge in [0.05, 0.1) is 0 Å². The smallest absolute Gasteiger partial charge is 0.303 e. The Morgan fingerprint density at radius 3 is 2.10 bits per heavy atom. The largest absolute Gasteiger partial charge is 0.446 e. The van der Waals surface area contributed by atoms with E-state index in [4.69, 9.17) is 0 Å². The maximum Gasteiger partial charge on any atom is 0.303 e. The van der Waals surface area contributed by atoms with Crippen LogP contribution < -0.4 is 0 Å². The van der Waals surface area contributed by atoms with Crippen molar-refractivity contribution in [1.82, 2.24) is 0 Å². The van der Waals surface area contributed by atoms with Crippen LogP contribution in [0.5, 0.6) is 0 Å². The number of carbonyl (C=O) groups excluding carboxylic acids is 1. The molecule has 59 valence electrons. The van der Waals surface area contributed by atoms with E-state index in [1.807, 2.05) is 0 Å². The number of rotatable bonds is 2. The molecule has 0 saturated heterocycles. The Bertz CT molecular complexity index is 216. The van der Waals surface area contributed by atoms with E-state index in [0.717, 1.165) is 13.2 Å². The van der Waals surface area contributed by atoms with Gasteiger partial charge in [-0.25, -0.2) is 8.42 Å². The van der Waals surface area contributed by atoms with Crippen molar-refractivity contribution < 1.29 is 17.9 Å². The maximum atomic E-state index is 10.5. The van der Waals surface area contributed by atoms with E-state index in [2.05, 4.69) is 11.7 Å². The summed E-state index contributed by atoms with van der Waals surface area (Å²) in [7, 11) is -3.35. The molecule has 1 radical (unpaired) electrons. The summed E-state index contributed by atoms with van der Waals surface area (Å²) in [6.07, 6.45) is 0.952. The maximum absolute atomic E-state index is 10.5. The van der Waals surface area contributed by atoms with Gasteiger partial charge in [0.15, 0.2) is 9.84 Å². The predicted octanol–water partition coefficient (Wildman–Crippen LogP) is -0.246. The fraction of sp³-hybridized carbons (Fsp3) is 0.600. The molecule has 0 fully saturated rings. The molecule has 0 aliphatic rings. The Morgan fingerprint density at radius 1 is 1.60 bits per heavy atom. The third-order valence-electron chi connectivity index (χ3n) is 0.775. The summed E-state index contributed by atoms with van der Waals surface area (Å²) in [4.78, 5) is 10.2. The number of hydrogen-bond acceptors (Lipinski definition) is 4. The van der Waals surface area contributed by atoms with Gasteiger partial charge in [-0.3, -0.25) is 4.79 Å². The molecule has 0 aliphatic heterocycles. The minimum atomic E-state index is -3.35. The van der Waals surface area contributed by atoms with E-state index in [-0.39, 0.29) is 0 Å². The number of hydrogen-bond donors (Lipinski definition) is 0. The fourth-order valence-electron chi connectivity index (χ4n) is 0.273. The number of esters is 1. The van der Waals surface area contributed by atoms with Gasteiger partial charge in [0, 0.05) is 20.1 Å². The molecule has 0 amide bonds. The first-order valence-corrected chi connectivity index (χ1v) is 4.48. The monoisotopic (exact) mass is 165 g/mol. The lowest BCUT2D eigenvalue weighted by Gasteiger charge is -2.07. The van der Waals surface area contributed by atoms with Crippen molar-refractivity contribution in [2.45, 2.75) is 12.4 Å². The molecule has 0 aliphatic carbocycles. The molecule has 0 bridgehead atoms. The van der Waals surface area contributed by atoms with Crippen molar-refractivity contribution >= 4 is 15.8 Å². The van der Waals surface area contributed by atoms with Gasteiger partial charge in [-0.15, -0.1) is 0 Å². The zero-order valence-electron chi connectivity index (χ0n) is 5.83. The van der Waals surface area contributed by atoms with E-state index in [1.54, 1.807) is 0 Å². The molecule has 0 saturated carbocycles. The van der Waals surface area contributed by atoms with Crippen LogP contribution in [-0.2, 0) is 19.4 Å². The number of carbonyl (C=O) groups is 1. The molecular formula is C5H9O4S. The molecule has 0 heterocycles. The highest BCUT2D eigenvalue weighted by molar-refractivity contribution is 7.91. The normalized spacial score (nSPS) is 14.3. The first kappa shape index (κ1) is 9.42. The summed E-state index contributed by atoms with van der Waals surface area (Å²) in [5, 5.41) is 0. The van der Waals surface area contributed by atoms with E-state index >= 15 is 0 Å². The Balaban J connectivity index is 4.12. The van der Waals surface area contributed by atoms with Gasteiger partial charge in [0.1, 0.15) is 0 Å². The Hall–Kier alpha value is -0.580. The Morgan fingerprint density at radius 2 is 2.00 bits per heavy atom. The lowest BCUT2D eigenvalue weighted by molar-refractivity contribution is -0.141. The van der Waals surface area contributed by atoms with Gasteiger partial charge in [-0.05, 0) is 0 Å². The van der Waals surface area contributed by atoms with Crippen molar-refractivity contribution in [1.29, 1.82) is 0 Å². The molecule has 0 aromatic heterocycles. The third kappa shape index (κ3) is 3.45. The average Bonchev–Trinajstić information content (AvgIpc) is 1.60. The number of ether oxygens (including phenoxy) is 1. The summed E-state index contributed by atoms with van der Waals surface area (Å²) in [5.41, 5.74) is -1.29. The lowest BCUT2D eigenvalue weighted by atomic mass is 10.8. The number of sulfone groups is 1. The molecule has 10 heavy (non-hydrogen) atoms. The van der Waals surface area contributed by atoms with Crippen LogP contribution in [0.15, 0.2) is 0 Å². The zero-order valence-corrected chi connectivity index (χ0v) is 6.64. The van der Waals surface area contributed by atoms with Crippen molar-refractivity contribution in [2.75, 3.05) is 6.26 Å². The minimum absolute atomic E-state index is 0.648. The van der Waals surface area contributed by atoms with Gasteiger partial charge < -0.3 is 4.74 Å². The van der Waals surface area contributed by atoms with Crippen LogP contribution >= 0.6 is 0 Å². The van der Waals surface area contributed by atoms with Crippen molar-refractivity contribution in [3.05, 3.63) is 6.92 Å². The van der Waals surface area contributed by atoms with Crippen LogP contribution in [0.3, 0.4) is 0 Å². The van der Waals surface area contributed by atoms with Crippen LogP contribution in [0.25, 0.3) is 0 Å². The minimum Gasteiger partial charge on any atom is -0.446 e. The molecule has 1 unspecified atom stereocenters. The molecule has 0 rings (SSSR count). The molecule has 0 N–H and O–H groups in total. The van der Waals surface area contributed by atoms with Crippen LogP contribution in [0.1, 0.15) is 6.92 Å². The summed E-state index contributed by atoms with van der Waals surface area (Å²) in [5.74, 6) is -0.648. The lowest BCUT2D eigenvalue weighted by Crippen LogP contribution is -2.22. The Labute approximate surface area is 60.1 Å². The van der Waals surface area contributed by atoms with Gasteiger partial charge in [0.2, 0.25) is 5.44 Å². The first-order valence-electron chi connectivity index (χ1n) is 2.53. The second kappa shape index (κ2) is 3.01. The first-order chi connectivity index (χ1) is 4.34. The molecule has 4 nitrogen and oxygen atoms in total. The third-order valence-corrected chi connectivity index (χ3v) is 1.83. The highest BCUT2D eigenvalue weighted by Gasteiger charge is 2.16. The average molecular weight is 165 g/mol. The van der Waals surface area contributed by atoms with E-state index in [1.165, 1.54) is 0 Å². The highest BCUT2D eigenvalue weighted by atomic mass is 32.2. The molecule has 0 aromatic carbocycles. The predicted molar refractivity (Wildman–Crippen MR) is 35.8 cm³/mol. The standard InChI is InChI=1S/C5H9O4S/c1-4(6)9-5(2)10(3,7)8/h5H,2H2,1,3H3. The molecule has 0 spiro atoms.